The van der Waals surface area contributed by atoms with E-state index < -0.39 is 5.82 Å². The van der Waals surface area contributed by atoms with Gasteiger partial charge in [-0.25, -0.2) is 4.39 Å². The SMILES string of the molecule is CC(c1cccs1)N(C)CC(=O)Nc1ccccc1F. The maximum absolute atomic E-state index is 13.4. The molecule has 1 unspecified atom stereocenters. The Morgan fingerprint density at radius 3 is 2.75 bits per heavy atom. The van der Waals surface area contributed by atoms with Gasteiger partial charge >= 0.3 is 0 Å². The number of benzene rings is 1. The zero-order valence-electron chi connectivity index (χ0n) is 11.5. The molecule has 0 spiro atoms. The minimum Gasteiger partial charge on any atom is -0.322 e. The molecular weight excluding hydrogens is 275 g/mol. The van der Waals surface area contributed by atoms with Crippen molar-refractivity contribution in [2.45, 2.75) is 13.0 Å². The van der Waals surface area contributed by atoms with Crippen LogP contribution in [0.25, 0.3) is 0 Å². The fraction of sp³-hybridized carbons (Fsp3) is 0.267. The van der Waals surface area contributed by atoms with Crippen LogP contribution in [0.5, 0.6) is 0 Å². The number of nitrogens with zero attached hydrogens (tertiary/aromatic N) is 1. The van der Waals surface area contributed by atoms with E-state index in [1.165, 1.54) is 10.9 Å². The Morgan fingerprint density at radius 2 is 2.10 bits per heavy atom. The van der Waals surface area contributed by atoms with Crippen LogP contribution in [0.15, 0.2) is 41.8 Å². The van der Waals surface area contributed by atoms with E-state index in [0.29, 0.717) is 0 Å². The normalized spacial score (nSPS) is 12.4. The predicted molar refractivity (Wildman–Crippen MR) is 80.4 cm³/mol. The van der Waals surface area contributed by atoms with E-state index >= 15 is 0 Å². The molecule has 1 heterocycles. The van der Waals surface area contributed by atoms with Crippen molar-refractivity contribution < 1.29 is 9.18 Å². The summed E-state index contributed by atoms with van der Waals surface area (Å²) in [5.41, 5.74) is 0.217. The van der Waals surface area contributed by atoms with Crippen LogP contribution in [0.3, 0.4) is 0 Å². The molecule has 0 saturated heterocycles. The number of amides is 1. The number of likely N-dealkylation sites (N-methyl/N-ethyl adjacent to an activating group) is 1. The monoisotopic (exact) mass is 292 g/mol. The van der Waals surface area contributed by atoms with Gasteiger partial charge in [-0.15, -0.1) is 11.3 Å². The van der Waals surface area contributed by atoms with Gasteiger partial charge < -0.3 is 5.32 Å². The van der Waals surface area contributed by atoms with E-state index in [9.17, 15) is 9.18 Å². The van der Waals surface area contributed by atoms with Gasteiger partial charge in [0, 0.05) is 10.9 Å². The summed E-state index contributed by atoms with van der Waals surface area (Å²) in [4.78, 5) is 15.1. The number of rotatable bonds is 5. The van der Waals surface area contributed by atoms with E-state index in [1.807, 2.05) is 36.4 Å². The highest BCUT2D eigenvalue weighted by Crippen LogP contribution is 2.23. The van der Waals surface area contributed by atoms with Gasteiger partial charge in [0.25, 0.3) is 0 Å². The number of hydrogen-bond acceptors (Lipinski definition) is 3. The quantitative estimate of drug-likeness (QED) is 0.914. The number of carbonyl (C=O) groups is 1. The highest BCUT2D eigenvalue weighted by atomic mass is 32.1. The Labute approximate surface area is 122 Å². The lowest BCUT2D eigenvalue weighted by molar-refractivity contribution is -0.117. The average Bonchev–Trinajstić information content (AvgIpc) is 2.94. The summed E-state index contributed by atoms with van der Waals surface area (Å²) in [6, 6.07) is 10.3. The van der Waals surface area contributed by atoms with Gasteiger partial charge in [0.15, 0.2) is 0 Å². The first-order valence-electron chi connectivity index (χ1n) is 6.36. The van der Waals surface area contributed by atoms with Crippen LogP contribution in [0.1, 0.15) is 17.8 Å². The molecule has 1 atom stereocenters. The van der Waals surface area contributed by atoms with E-state index in [0.717, 1.165) is 0 Å². The number of nitrogens with one attached hydrogen (secondary N) is 1. The second-order valence-corrected chi connectivity index (χ2v) is 5.61. The van der Waals surface area contributed by atoms with Gasteiger partial charge in [-0.1, -0.05) is 18.2 Å². The Balaban J connectivity index is 1.93. The standard InChI is InChI=1S/C15H17FN2OS/c1-11(14-8-5-9-20-14)18(2)10-15(19)17-13-7-4-3-6-12(13)16/h3-9,11H,10H2,1-2H3,(H,17,19). The first-order valence-corrected chi connectivity index (χ1v) is 7.24. The number of hydrogen-bond donors (Lipinski definition) is 1. The summed E-state index contributed by atoms with van der Waals surface area (Å²) < 4.78 is 13.4. The molecule has 0 saturated carbocycles. The molecule has 2 aromatic rings. The van der Waals surface area contributed by atoms with Crippen LogP contribution < -0.4 is 5.32 Å². The molecule has 0 aliphatic carbocycles. The van der Waals surface area contributed by atoms with Crippen LogP contribution in [-0.4, -0.2) is 24.4 Å². The number of anilines is 1. The second kappa shape index (κ2) is 6.63. The molecule has 1 aromatic heterocycles. The van der Waals surface area contributed by atoms with Crippen LogP contribution in [0, 0.1) is 5.82 Å². The fourth-order valence-corrected chi connectivity index (χ4v) is 2.71. The van der Waals surface area contributed by atoms with Crippen molar-refractivity contribution in [1.82, 2.24) is 4.90 Å². The molecule has 0 bridgehead atoms. The summed E-state index contributed by atoms with van der Waals surface area (Å²) in [6.07, 6.45) is 0. The van der Waals surface area contributed by atoms with Crippen LogP contribution in [-0.2, 0) is 4.79 Å². The van der Waals surface area contributed by atoms with Gasteiger partial charge in [0.05, 0.1) is 12.2 Å². The molecule has 0 aliphatic heterocycles. The second-order valence-electron chi connectivity index (χ2n) is 4.63. The lowest BCUT2D eigenvalue weighted by Gasteiger charge is -2.23. The Kier molecular flexibility index (Phi) is 4.87. The molecular formula is C15H17FN2OS. The predicted octanol–water partition coefficient (Wildman–Crippen LogP) is 3.52. The lowest BCUT2D eigenvalue weighted by Crippen LogP contribution is -2.32. The summed E-state index contributed by atoms with van der Waals surface area (Å²) in [5.74, 6) is -0.643. The number of carbonyl (C=O) groups excluding carboxylic acids is 1. The summed E-state index contributed by atoms with van der Waals surface area (Å²) >= 11 is 1.66. The van der Waals surface area contributed by atoms with Gasteiger partial charge in [-0.05, 0) is 37.6 Å². The zero-order valence-corrected chi connectivity index (χ0v) is 12.3. The lowest BCUT2D eigenvalue weighted by atomic mass is 10.2. The van der Waals surface area contributed by atoms with Crippen molar-refractivity contribution in [1.29, 1.82) is 0 Å². The first-order chi connectivity index (χ1) is 9.58. The third kappa shape index (κ3) is 3.65. The summed E-state index contributed by atoms with van der Waals surface area (Å²) in [7, 11) is 1.88. The largest absolute Gasteiger partial charge is 0.322 e. The van der Waals surface area contributed by atoms with Crippen molar-refractivity contribution in [2.75, 3.05) is 18.9 Å². The van der Waals surface area contributed by atoms with E-state index in [2.05, 4.69) is 5.32 Å². The van der Waals surface area contributed by atoms with Crippen LogP contribution in [0.4, 0.5) is 10.1 Å². The van der Waals surface area contributed by atoms with Crippen molar-refractivity contribution in [3.8, 4) is 0 Å². The molecule has 1 aromatic carbocycles. The van der Waals surface area contributed by atoms with Gasteiger partial charge in [-0.3, -0.25) is 9.69 Å². The highest BCUT2D eigenvalue weighted by Gasteiger charge is 2.16. The van der Waals surface area contributed by atoms with Gasteiger partial charge in [-0.2, -0.15) is 0 Å². The van der Waals surface area contributed by atoms with Crippen LogP contribution in [0.2, 0.25) is 0 Å². The minimum absolute atomic E-state index is 0.154. The number of thiophene rings is 1. The van der Waals surface area contributed by atoms with Gasteiger partial charge in [0.1, 0.15) is 5.82 Å². The third-order valence-corrected chi connectivity index (χ3v) is 4.20. The van der Waals surface area contributed by atoms with Crippen molar-refractivity contribution in [3.05, 3.63) is 52.5 Å². The maximum atomic E-state index is 13.4. The Hall–Kier alpha value is -1.72. The van der Waals surface area contributed by atoms with Crippen LogP contribution >= 0.6 is 11.3 Å². The Morgan fingerprint density at radius 1 is 1.35 bits per heavy atom. The maximum Gasteiger partial charge on any atom is 0.238 e. The average molecular weight is 292 g/mol. The van der Waals surface area contributed by atoms with E-state index in [-0.39, 0.29) is 24.2 Å². The molecule has 5 heteroatoms. The zero-order chi connectivity index (χ0) is 14.5. The molecule has 20 heavy (non-hydrogen) atoms. The topological polar surface area (TPSA) is 32.3 Å². The molecule has 3 nitrogen and oxygen atoms in total. The van der Waals surface area contributed by atoms with Crippen molar-refractivity contribution in [2.24, 2.45) is 0 Å². The highest BCUT2D eigenvalue weighted by molar-refractivity contribution is 7.10. The van der Waals surface area contributed by atoms with E-state index in [4.69, 9.17) is 0 Å². The van der Waals surface area contributed by atoms with Crippen molar-refractivity contribution >= 4 is 22.9 Å². The van der Waals surface area contributed by atoms with E-state index in [1.54, 1.807) is 29.5 Å². The molecule has 1 amide bonds. The molecule has 2 rings (SSSR count). The van der Waals surface area contributed by atoms with Crippen molar-refractivity contribution in [3.63, 3.8) is 0 Å². The smallest absolute Gasteiger partial charge is 0.238 e. The molecule has 0 fully saturated rings. The summed E-state index contributed by atoms with van der Waals surface area (Å²) in [5, 5.41) is 4.60. The molecule has 106 valence electrons. The number of halogens is 1. The minimum atomic E-state index is -0.421. The third-order valence-electron chi connectivity index (χ3n) is 3.16. The van der Waals surface area contributed by atoms with Gasteiger partial charge in [0.2, 0.25) is 5.91 Å². The number of para-hydroxylation sites is 1. The first kappa shape index (κ1) is 14.7. The Bertz CT molecular complexity index is 571. The summed E-state index contributed by atoms with van der Waals surface area (Å²) in [6.45, 7) is 2.26. The fourth-order valence-electron chi connectivity index (χ4n) is 1.86. The molecule has 1 N–H and O–H groups in total. The molecule has 0 aliphatic rings. The molecule has 0 radical (unpaired) electrons.